The van der Waals surface area contributed by atoms with E-state index < -0.39 is 12.0 Å². The van der Waals surface area contributed by atoms with Crippen molar-refractivity contribution >= 4 is 16.7 Å². The summed E-state index contributed by atoms with van der Waals surface area (Å²) >= 11 is 0. The van der Waals surface area contributed by atoms with Crippen LogP contribution < -0.4 is 5.73 Å². The Morgan fingerprint density at radius 3 is 2.94 bits per heavy atom. The number of benzene rings is 1. The van der Waals surface area contributed by atoms with Gasteiger partial charge in [-0.3, -0.25) is 9.78 Å². The van der Waals surface area contributed by atoms with Gasteiger partial charge >= 0.3 is 5.97 Å². The topological polar surface area (TPSA) is 76.2 Å². The highest BCUT2D eigenvalue weighted by Crippen LogP contribution is 2.20. The van der Waals surface area contributed by atoms with E-state index in [1.807, 2.05) is 24.3 Å². The number of fused-ring (bicyclic) bond motifs is 1. The van der Waals surface area contributed by atoms with Gasteiger partial charge in [-0.1, -0.05) is 12.1 Å². The number of carboxylic acids is 1. The smallest absolute Gasteiger partial charge is 0.305 e. The first-order chi connectivity index (χ1) is 7.66. The number of carboxylic acid groups (broad SMARTS) is 1. The zero-order chi connectivity index (χ0) is 11.5. The molecule has 1 unspecified atom stereocenters. The van der Waals surface area contributed by atoms with Crippen molar-refractivity contribution in [2.24, 2.45) is 5.73 Å². The molecule has 3 N–H and O–H groups in total. The second-order valence-electron chi connectivity index (χ2n) is 3.69. The number of hydrogen-bond acceptors (Lipinski definition) is 3. The van der Waals surface area contributed by atoms with Gasteiger partial charge in [0.1, 0.15) is 0 Å². The summed E-state index contributed by atoms with van der Waals surface area (Å²) in [6.45, 7) is 0. The van der Waals surface area contributed by atoms with E-state index in [0.717, 1.165) is 16.3 Å². The molecule has 4 heteroatoms. The van der Waals surface area contributed by atoms with E-state index in [4.69, 9.17) is 10.8 Å². The number of rotatable bonds is 3. The Balaban J connectivity index is 2.35. The van der Waals surface area contributed by atoms with Crippen molar-refractivity contribution in [3.05, 3.63) is 42.2 Å². The standard InChI is InChI=1S/C12H12N2O2/c13-11(6-12(15)16)9-1-2-10-7-14-4-3-8(10)5-9/h1-5,7,11H,6,13H2,(H,15,16). The highest BCUT2D eigenvalue weighted by Gasteiger charge is 2.10. The molecular formula is C12H12N2O2. The first kappa shape index (κ1) is 10.6. The molecule has 0 aliphatic heterocycles. The Labute approximate surface area is 92.7 Å². The largest absolute Gasteiger partial charge is 0.481 e. The summed E-state index contributed by atoms with van der Waals surface area (Å²) < 4.78 is 0. The maximum Gasteiger partial charge on any atom is 0.305 e. The van der Waals surface area contributed by atoms with Crippen molar-refractivity contribution in [2.45, 2.75) is 12.5 Å². The van der Waals surface area contributed by atoms with Crippen molar-refractivity contribution in [3.63, 3.8) is 0 Å². The maximum absolute atomic E-state index is 10.6. The summed E-state index contributed by atoms with van der Waals surface area (Å²) in [7, 11) is 0. The molecule has 4 nitrogen and oxygen atoms in total. The lowest BCUT2D eigenvalue weighted by molar-refractivity contribution is -0.137. The summed E-state index contributed by atoms with van der Waals surface area (Å²) in [6, 6.07) is 7.07. The molecule has 1 aromatic heterocycles. The molecule has 0 aliphatic carbocycles. The molecule has 0 radical (unpaired) electrons. The van der Waals surface area contributed by atoms with Crippen LogP contribution >= 0.6 is 0 Å². The summed E-state index contributed by atoms with van der Waals surface area (Å²) in [5, 5.41) is 10.7. The molecule has 0 saturated heterocycles. The minimum Gasteiger partial charge on any atom is -0.481 e. The molecule has 2 rings (SSSR count). The predicted molar refractivity (Wildman–Crippen MR) is 60.9 cm³/mol. The Morgan fingerprint density at radius 2 is 2.19 bits per heavy atom. The maximum atomic E-state index is 10.6. The highest BCUT2D eigenvalue weighted by atomic mass is 16.4. The molecule has 0 saturated carbocycles. The van der Waals surface area contributed by atoms with Gasteiger partial charge in [0.15, 0.2) is 0 Å². The summed E-state index contributed by atoms with van der Waals surface area (Å²) in [5.41, 5.74) is 6.62. The number of nitrogens with zero attached hydrogens (tertiary/aromatic N) is 1. The molecule has 1 aromatic carbocycles. The van der Waals surface area contributed by atoms with Gasteiger partial charge in [-0.2, -0.15) is 0 Å². The normalized spacial score (nSPS) is 12.6. The van der Waals surface area contributed by atoms with E-state index in [1.165, 1.54) is 0 Å². The molecule has 2 aromatic rings. The van der Waals surface area contributed by atoms with Crippen LogP contribution in [-0.2, 0) is 4.79 Å². The SMILES string of the molecule is NC(CC(=O)O)c1ccc2cnccc2c1. The van der Waals surface area contributed by atoms with Gasteiger partial charge in [0, 0.05) is 23.8 Å². The number of aliphatic carboxylic acids is 1. The van der Waals surface area contributed by atoms with Gasteiger partial charge in [-0.25, -0.2) is 0 Å². The van der Waals surface area contributed by atoms with Gasteiger partial charge in [0.25, 0.3) is 0 Å². The quantitative estimate of drug-likeness (QED) is 0.818. The Morgan fingerprint density at radius 1 is 1.38 bits per heavy atom. The van der Waals surface area contributed by atoms with Crippen LogP contribution in [0.15, 0.2) is 36.7 Å². The zero-order valence-corrected chi connectivity index (χ0v) is 8.63. The van der Waals surface area contributed by atoms with E-state index in [2.05, 4.69) is 4.98 Å². The Hall–Kier alpha value is -1.94. The summed E-state index contributed by atoms with van der Waals surface area (Å²) in [6.07, 6.45) is 3.41. The van der Waals surface area contributed by atoms with Crippen LogP contribution in [0.5, 0.6) is 0 Å². The van der Waals surface area contributed by atoms with Crippen LogP contribution in [0.25, 0.3) is 10.8 Å². The van der Waals surface area contributed by atoms with E-state index in [1.54, 1.807) is 12.4 Å². The summed E-state index contributed by atoms with van der Waals surface area (Å²) in [4.78, 5) is 14.6. The van der Waals surface area contributed by atoms with Crippen LogP contribution in [0, 0.1) is 0 Å². The third-order valence-corrected chi connectivity index (χ3v) is 2.49. The molecule has 0 aliphatic rings. The lowest BCUT2D eigenvalue weighted by Gasteiger charge is -2.10. The van der Waals surface area contributed by atoms with Crippen molar-refractivity contribution < 1.29 is 9.90 Å². The lowest BCUT2D eigenvalue weighted by Crippen LogP contribution is -2.14. The number of hydrogen-bond donors (Lipinski definition) is 2. The average molecular weight is 216 g/mol. The molecule has 1 heterocycles. The number of carbonyl (C=O) groups is 1. The third kappa shape index (κ3) is 2.17. The molecule has 16 heavy (non-hydrogen) atoms. The van der Waals surface area contributed by atoms with Crippen LogP contribution in [0.2, 0.25) is 0 Å². The molecule has 0 bridgehead atoms. The fraction of sp³-hybridized carbons (Fsp3) is 0.167. The Bertz CT molecular complexity index is 525. The van der Waals surface area contributed by atoms with Crippen LogP contribution in [-0.4, -0.2) is 16.1 Å². The van der Waals surface area contributed by atoms with Crippen molar-refractivity contribution in [1.82, 2.24) is 4.98 Å². The van der Waals surface area contributed by atoms with E-state index in [0.29, 0.717) is 0 Å². The first-order valence-electron chi connectivity index (χ1n) is 4.98. The highest BCUT2D eigenvalue weighted by molar-refractivity contribution is 5.82. The van der Waals surface area contributed by atoms with E-state index >= 15 is 0 Å². The second-order valence-corrected chi connectivity index (χ2v) is 3.69. The fourth-order valence-electron chi connectivity index (χ4n) is 1.64. The fourth-order valence-corrected chi connectivity index (χ4v) is 1.64. The number of aromatic nitrogens is 1. The molecule has 0 amide bonds. The lowest BCUT2D eigenvalue weighted by atomic mass is 10.0. The van der Waals surface area contributed by atoms with Gasteiger partial charge < -0.3 is 10.8 Å². The van der Waals surface area contributed by atoms with Crippen molar-refractivity contribution in [2.75, 3.05) is 0 Å². The number of pyridine rings is 1. The molecule has 82 valence electrons. The molecule has 0 spiro atoms. The monoisotopic (exact) mass is 216 g/mol. The second kappa shape index (κ2) is 4.28. The minimum absolute atomic E-state index is 0.0589. The number of nitrogens with two attached hydrogens (primary N) is 1. The van der Waals surface area contributed by atoms with E-state index in [9.17, 15) is 4.79 Å². The Kier molecular flexibility index (Phi) is 2.83. The van der Waals surface area contributed by atoms with Crippen LogP contribution in [0.1, 0.15) is 18.0 Å². The summed E-state index contributed by atoms with van der Waals surface area (Å²) in [5.74, 6) is -0.887. The minimum atomic E-state index is -0.887. The van der Waals surface area contributed by atoms with Crippen LogP contribution in [0.4, 0.5) is 0 Å². The van der Waals surface area contributed by atoms with E-state index in [-0.39, 0.29) is 6.42 Å². The van der Waals surface area contributed by atoms with Crippen molar-refractivity contribution in [3.8, 4) is 0 Å². The molecule has 0 fully saturated rings. The van der Waals surface area contributed by atoms with Gasteiger partial charge in [-0.05, 0) is 23.1 Å². The first-order valence-corrected chi connectivity index (χ1v) is 4.98. The predicted octanol–water partition coefficient (Wildman–Crippen LogP) is 1.71. The van der Waals surface area contributed by atoms with Crippen molar-refractivity contribution in [1.29, 1.82) is 0 Å². The van der Waals surface area contributed by atoms with Gasteiger partial charge in [-0.15, -0.1) is 0 Å². The van der Waals surface area contributed by atoms with Gasteiger partial charge in [0.05, 0.1) is 6.42 Å². The molecule has 1 atom stereocenters. The molecular weight excluding hydrogens is 204 g/mol. The third-order valence-electron chi connectivity index (χ3n) is 2.49. The van der Waals surface area contributed by atoms with Crippen LogP contribution in [0.3, 0.4) is 0 Å². The van der Waals surface area contributed by atoms with Gasteiger partial charge in [0.2, 0.25) is 0 Å². The average Bonchev–Trinajstić information content (AvgIpc) is 2.27. The zero-order valence-electron chi connectivity index (χ0n) is 8.63.